The first-order valence-electron chi connectivity index (χ1n) is 7.08. The Labute approximate surface area is 108 Å². The molecule has 3 aliphatic rings. The lowest BCUT2D eigenvalue weighted by Gasteiger charge is -2.29. The summed E-state index contributed by atoms with van der Waals surface area (Å²) < 4.78 is 5.08. The van der Waals surface area contributed by atoms with Gasteiger partial charge < -0.3 is 14.7 Å². The Bertz CT molecular complexity index is 344. The molecule has 1 amide bonds. The maximum atomic E-state index is 12.3. The molecule has 1 heterocycles. The minimum atomic E-state index is -0.268. The van der Waals surface area contributed by atoms with Gasteiger partial charge in [0.15, 0.2) is 0 Å². The van der Waals surface area contributed by atoms with Gasteiger partial charge in [0, 0.05) is 26.7 Å². The number of nitrogens with zero attached hydrogens (tertiary/aromatic N) is 1. The largest absolute Gasteiger partial charge is 0.391 e. The Morgan fingerprint density at radius 2 is 2.22 bits per heavy atom. The molecule has 4 heteroatoms. The van der Waals surface area contributed by atoms with Crippen LogP contribution in [-0.4, -0.2) is 48.3 Å². The number of likely N-dealkylation sites (tertiary alicyclic amines) is 1. The van der Waals surface area contributed by atoms with Gasteiger partial charge in [0.2, 0.25) is 5.91 Å². The van der Waals surface area contributed by atoms with Crippen LogP contribution in [0.3, 0.4) is 0 Å². The van der Waals surface area contributed by atoms with Crippen LogP contribution in [0.1, 0.15) is 26.2 Å². The number of aliphatic hydroxyl groups is 1. The molecule has 6 atom stereocenters. The second-order valence-electron chi connectivity index (χ2n) is 6.45. The number of carbonyl (C=O) groups excluding carboxylic acids is 1. The zero-order valence-electron chi connectivity index (χ0n) is 11.2. The number of hydrogen-bond donors (Lipinski definition) is 1. The number of fused-ring (bicyclic) bond motifs is 1. The van der Waals surface area contributed by atoms with Crippen molar-refractivity contribution in [2.24, 2.45) is 23.7 Å². The molecule has 1 N–H and O–H groups in total. The molecule has 0 aromatic heterocycles. The normalized spacial score (nSPS) is 42.6. The lowest BCUT2D eigenvalue weighted by atomic mass is 9.88. The van der Waals surface area contributed by atoms with Crippen molar-refractivity contribution in [1.82, 2.24) is 4.90 Å². The van der Waals surface area contributed by atoms with Crippen LogP contribution in [0.5, 0.6) is 0 Å². The van der Waals surface area contributed by atoms with E-state index in [-0.39, 0.29) is 24.0 Å². The van der Waals surface area contributed by atoms with Crippen molar-refractivity contribution in [1.29, 1.82) is 0 Å². The molecular weight excluding hydrogens is 230 g/mol. The van der Waals surface area contributed by atoms with Crippen molar-refractivity contribution in [3.8, 4) is 0 Å². The quantitative estimate of drug-likeness (QED) is 0.809. The number of hydrogen-bond acceptors (Lipinski definition) is 3. The van der Waals surface area contributed by atoms with E-state index >= 15 is 0 Å². The van der Waals surface area contributed by atoms with E-state index < -0.39 is 0 Å². The number of amides is 1. The van der Waals surface area contributed by atoms with Crippen molar-refractivity contribution in [3.63, 3.8) is 0 Å². The second-order valence-corrected chi connectivity index (χ2v) is 6.45. The van der Waals surface area contributed by atoms with Crippen LogP contribution in [-0.2, 0) is 9.53 Å². The van der Waals surface area contributed by atoms with Gasteiger partial charge in [0.25, 0.3) is 0 Å². The van der Waals surface area contributed by atoms with Crippen LogP contribution in [0.4, 0.5) is 0 Å². The van der Waals surface area contributed by atoms with Gasteiger partial charge in [0.1, 0.15) is 0 Å². The molecule has 1 aliphatic heterocycles. The fourth-order valence-electron chi connectivity index (χ4n) is 4.46. The Morgan fingerprint density at radius 3 is 2.89 bits per heavy atom. The summed E-state index contributed by atoms with van der Waals surface area (Å²) in [5.41, 5.74) is 0. The van der Waals surface area contributed by atoms with Gasteiger partial charge in [-0.05, 0) is 36.5 Å². The third-order valence-corrected chi connectivity index (χ3v) is 5.14. The van der Waals surface area contributed by atoms with Crippen molar-refractivity contribution in [3.05, 3.63) is 0 Å². The van der Waals surface area contributed by atoms with Crippen molar-refractivity contribution in [2.45, 2.75) is 38.3 Å². The molecule has 2 aliphatic carbocycles. The number of carbonyl (C=O) groups is 1. The fraction of sp³-hybridized carbons (Fsp3) is 0.929. The standard InChI is InChI=1S/C14H23NO3/c1-8(7-18-2)3-12(16)15-6-10-4-9-5-11(10)13(15)14(9)17/h8-11,13-14,17H,3-7H2,1-2H3. The molecule has 2 saturated carbocycles. The van der Waals surface area contributed by atoms with Crippen LogP contribution in [0.25, 0.3) is 0 Å². The molecule has 4 nitrogen and oxygen atoms in total. The molecule has 0 aromatic rings. The average molecular weight is 253 g/mol. The number of aliphatic hydroxyl groups excluding tert-OH is 1. The zero-order valence-corrected chi connectivity index (χ0v) is 11.2. The third kappa shape index (κ3) is 1.77. The molecule has 1 saturated heterocycles. The van der Waals surface area contributed by atoms with E-state index in [1.165, 1.54) is 0 Å². The monoisotopic (exact) mass is 253 g/mol. The van der Waals surface area contributed by atoms with E-state index in [1.54, 1.807) is 7.11 Å². The van der Waals surface area contributed by atoms with Crippen LogP contribution in [0.15, 0.2) is 0 Å². The lowest BCUT2D eigenvalue weighted by molar-refractivity contribution is -0.135. The number of methoxy groups -OCH3 is 1. The summed E-state index contributed by atoms with van der Waals surface area (Å²) in [6.45, 7) is 3.55. The first kappa shape index (κ1) is 12.4. The molecule has 18 heavy (non-hydrogen) atoms. The van der Waals surface area contributed by atoms with Crippen LogP contribution >= 0.6 is 0 Å². The van der Waals surface area contributed by atoms with E-state index in [4.69, 9.17) is 4.74 Å². The maximum absolute atomic E-state index is 12.3. The molecule has 0 spiro atoms. The summed E-state index contributed by atoms with van der Waals surface area (Å²) in [6.07, 6.45) is 2.53. The molecule has 0 radical (unpaired) electrons. The van der Waals surface area contributed by atoms with Gasteiger partial charge >= 0.3 is 0 Å². The smallest absolute Gasteiger partial charge is 0.223 e. The molecule has 102 valence electrons. The summed E-state index contributed by atoms with van der Waals surface area (Å²) in [5.74, 6) is 2.16. The van der Waals surface area contributed by atoms with E-state index in [0.717, 1.165) is 19.4 Å². The Kier molecular flexibility index (Phi) is 3.10. The highest BCUT2D eigenvalue weighted by molar-refractivity contribution is 5.77. The van der Waals surface area contributed by atoms with Gasteiger partial charge in [-0.3, -0.25) is 4.79 Å². The van der Waals surface area contributed by atoms with Crippen molar-refractivity contribution >= 4 is 5.91 Å². The molecule has 2 bridgehead atoms. The van der Waals surface area contributed by atoms with Crippen molar-refractivity contribution < 1.29 is 14.6 Å². The predicted octanol–water partition coefficient (Wildman–Crippen LogP) is 0.887. The zero-order chi connectivity index (χ0) is 12.9. The van der Waals surface area contributed by atoms with Crippen LogP contribution in [0, 0.1) is 23.7 Å². The Balaban J connectivity index is 1.65. The lowest BCUT2D eigenvalue weighted by Crippen LogP contribution is -2.44. The van der Waals surface area contributed by atoms with Gasteiger partial charge in [-0.2, -0.15) is 0 Å². The average Bonchev–Trinajstić information content (AvgIpc) is 2.89. The minimum absolute atomic E-state index is 0.121. The van der Waals surface area contributed by atoms with Crippen LogP contribution in [0.2, 0.25) is 0 Å². The summed E-state index contributed by atoms with van der Waals surface area (Å²) in [6, 6.07) is 0.121. The van der Waals surface area contributed by atoms with Gasteiger partial charge in [0.05, 0.1) is 12.1 Å². The molecule has 3 rings (SSSR count). The van der Waals surface area contributed by atoms with E-state index in [9.17, 15) is 9.90 Å². The van der Waals surface area contributed by atoms with Gasteiger partial charge in [-0.25, -0.2) is 0 Å². The predicted molar refractivity (Wildman–Crippen MR) is 66.9 cm³/mol. The highest BCUT2D eigenvalue weighted by Gasteiger charge is 2.59. The SMILES string of the molecule is COCC(C)CC(=O)N1CC2CC3CC2C1C3O. The first-order valence-corrected chi connectivity index (χ1v) is 7.08. The molecular formula is C14H23NO3. The summed E-state index contributed by atoms with van der Waals surface area (Å²) in [4.78, 5) is 14.3. The van der Waals surface area contributed by atoms with E-state index in [2.05, 4.69) is 0 Å². The van der Waals surface area contributed by atoms with Crippen molar-refractivity contribution in [2.75, 3.05) is 20.3 Å². The first-order chi connectivity index (χ1) is 8.61. The Morgan fingerprint density at radius 1 is 1.44 bits per heavy atom. The highest BCUT2D eigenvalue weighted by atomic mass is 16.5. The molecule has 3 fully saturated rings. The fourth-order valence-corrected chi connectivity index (χ4v) is 4.46. The molecule has 6 unspecified atom stereocenters. The van der Waals surface area contributed by atoms with Gasteiger partial charge in [-0.15, -0.1) is 0 Å². The third-order valence-electron chi connectivity index (χ3n) is 5.14. The minimum Gasteiger partial charge on any atom is -0.391 e. The maximum Gasteiger partial charge on any atom is 0.223 e. The second kappa shape index (κ2) is 4.49. The topological polar surface area (TPSA) is 49.8 Å². The van der Waals surface area contributed by atoms with E-state index in [1.807, 2.05) is 11.8 Å². The number of ether oxygens (including phenoxy) is 1. The highest BCUT2D eigenvalue weighted by Crippen LogP contribution is 2.55. The number of rotatable bonds is 4. The summed E-state index contributed by atoms with van der Waals surface area (Å²) >= 11 is 0. The summed E-state index contributed by atoms with van der Waals surface area (Å²) in [7, 11) is 1.67. The van der Waals surface area contributed by atoms with Gasteiger partial charge in [-0.1, -0.05) is 6.92 Å². The Hall–Kier alpha value is -0.610. The van der Waals surface area contributed by atoms with Crippen LogP contribution < -0.4 is 0 Å². The van der Waals surface area contributed by atoms with E-state index in [0.29, 0.717) is 30.8 Å². The summed E-state index contributed by atoms with van der Waals surface area (Å²) in [5, 5.41) is 10.2. The molecule has 0 aromatic carbocycles.